The quantitative estimate of drug-likeness (QED) is 0.242. The van der Waals surface area contributed by atoms with Crippen LogP contribution in [0.5, 0.6) is 0 Å². The summed E-state index contributed by atoms with van der Waals surface area (Å²) in [6.45, 7) is 1.43. The van der Waals surface area contributed by atoms with E-state index in [-0.39, 0.29) is 21.7 Å². The topological polar surface area (TPSA) is 106 Å². The second-order valence-electron chi connectivity index (χ2n) is 5.79. The highest BCUT2D eigenvalue weighted by molar-refractivity contribution is 6.33. The minimum atomic E-state index is -0.686. The van der Waals surface area contributed by atoms with Gasteiger partial charge in [-0.3, -0.25) is 4.79 Å². The molecule has 170 valence electrons. The molecule has 0 unspecified atom stereocenters. The number of nitrogens with zero attached hydrogens (tertiary/aromatic N) is 2. The average Bonchev–Trinajstić information content (AvgIpc) is 2.75. The number of halogens is 2. The van der Waals surface area contributed by atoms with Crippen molar-refractivity contribution in [2.45, 2.75) is 19.5 Å². The van der Waals surface area contributed by atoms with Gasteiger partial charge in [-0.25, -0.2) is 14.8 Å². The van der Waals surface area contributed by atoms with Gasteiger partial charge >= 0.3 is 5.97 Å². The minimum absolute atomic E-state index is 0.0588. The number of carbonyl (C=O) groups excluding carboxylic acids is 2. The fraction of sp³-hybridized carbons (Fsp3) is 0.400. The molecular formula is C20H24Cl2N2O7. The van der Waals surface area contributed by atoms with Crippen LogP contribution in [0.15, 0.2) is 24.5 Å². The molecule has 0 saturated heterocycles. The molecule has 0 aromatic carbocycles. The number of pyridine rings is 2. The smallest absolute Gasteiger partial charge is 0.341 e. The van der Waals surface area contributed by atoms with Crippen molar-refractivity contribution >= 4 is 35.0 Å². The first-order valence-corrected chi connectivity index (χ1v) is 9.52. The van der Waals surface area contributed by atoms with E-state index in [1.165, 1.54) is 54.9 Å². The monoisotopic (exact) mass is 474 g/mol. The molecule has 0 spiro atoms. The Kier molecular flexibility index (Phi) is 11.5. The molecule has 2 aromatic heterocycles. The van der Waals surface area contributed by atoms with E-state index >= 15 is 0 Å². The molecule has 9 nitrogen and oxygen atoms in total. The summed E-state index contributed by atoms with van der Waals surface area (Å²) >= 11 is 11.7. The molecule has 0 N–H and O–H groups in total. The Hall–Kier alpha value is -2.14. The van der Waals surface area contributed by atoms with Crippen LogP contribution in [0.25, 0.3) is 0 Å². The zero-order valence-corrected chi connectivity index (χ0v) is 19.5. The number of ether oxygens (including phenoxy) is 5. The summed E-state index contributed by atoms with van der Waals surface area (Å²) < 4.78 is 24.9. The Morgan fingerprint density at radius 1 is 0.774 bits per heavy atom. The molecule has 11 heteroatoms. The Labute approximate surface area is 190 Å². The molecule has 0 aliphatic carbocycles. The average molecular weight is 475 g/mol. The Bertz CT molecular complexity index is 888. The van der Waals surface area contributed by atoms with Crippen molar-refractivity contribution in [3.8, 4) is 0 Å². The summed E-state index contributed by atoms with van der Waals surface area (Å²) in [5, 5.41) is 0.225. The van der Waals surface area contributed by atoms with Crippen molar-refractivity contribution < 1.29 is 33.3 Å². The molecule has 2 rings (SSSR count). The lowest BCUT2D eigenvalue weighted by Gasteiger charge is -2.16. The van der Waals surface area contributed by atoms with E-state index in [4.69, 9.17) is 42.1 Å². The number of Topliss-reactive ketones (excluding diaryl/α,β-unsaturated/α-hetero) is 1. The van der Waals surface area contributed by atoms with Crippen LogP contribution in [-0.2, 0) is 23.7 Å². The van der Waals surface area contributed by atoms with Gasteiger partial charge in [0.1, 0.15) is 15.9 Å². The molecule has 0 aliphatic heterocycles. The van der Waals surface area contributed by atoms with E-state index in [0.717, 1.165) is 0 Å². The summed E-state index contributed by atoms with van der Waals surface area (Å²) in [5.74, 6) is -0.741. The van der Waals surface area contributed by atoms with Crippen LogP contribution in [0.3, 0.4) is 0 Å². The van der Waals surface area contributed by atoms with Gasteiger partial charge in [0.25, 0.3) is 0 Å². The van der Waals surface area contributed by atoms with Crippen LogP contribution >= 0.6 is 23.2 Å². The predicted octanol–water partition coefficient (Wildman–Crippen LogP) is 4.04. The zero-order valence-electron chi connectivity index (χ0n) is 18.0. The van der Waals surface area contributed by atoms with Crippen LogP contribution in [-0.4, -0.2) is 57.3 Å². The predicted molar refractivity (Wildman–Crippen MR) is 113 cm³/mol. The third-order valence-corrected chi connectivity index (χ3v) is 4.55. The van der Waals surface area contributed by atoms with Gasteiger partial charge in [0.05, 0.1) is 12.7 Å². The van der Waals surface area contributed by atoms with Gasteiger partial charge in [-0.05, 0) is 19.1 Å². The number of carbonyl (C=O) groups is 2. The van der Waals surface area contributed by atoms with Crippen molar-refractivity contribution in [1.29, 1.82) is 0 Å². The van der Waals surface area contributed by atoms with Crippen LogP contribution in [0.4, 0.5) is 0 Å². The fourth-order valence-electron chi connectivity index (χ4n) is 2.65. The number of methoxy groups -OCH3 is 5. The van der Waals surface area contributed by atoms with Crippen LogP contribution in [0, 0.1) is 0 Å². The summed E-state index contributed by atoms with van der Waals surface area (Å²) in [4.78, 5) is 30.6. The van der Waals surface area contributed by atoms with Gasteiger partial charge < -0.3 is 23.7 Å². The SMILES string of the molecule is COC(=O)c1c(C(OC)OC)ccnc1Cl.COC(OC)c1ccnc(Cl)c1C(C)=O. The maximum absolute atomic E-state index is 11.5. The zero-order chi connectivity index (χ0) is 23.6. The highest BCUT2D eigenvalue weighted by Gasteiger charge is 2.23. The molecule has 0 radical (unpaired) electrons. The van der Waals surface area contributed by atoms with Crippen LogP contribution < -0.4 is 0 Å². The van der Waals surface area contributed by atoms with E-state index in [9.17, 15) is 9.59 Å². The highest BCUT2D eigenvalue weighted by atomic mass is 35.5. The Morgan fingerprint density at radius 2 is 1.16 bits per heavy atom. The standard InChI is InChI=1S/C10H12ClNO4.C10H12ClNO3/c1-14-9(13)7-6(10(15-2)16-3)4-5-12-8(7)11;1-6(13)8-7(10(14-2)15-3)4-5-12-9(8)11/h4-5,10H,1-3H3;4-5,10H,1-3H3. The van der Waals surface area contributed by atoms with Gasteiger partial charge in [-0.15, -0.1) is 0 Å². The normalized spacial score (nSPS) is 10.6. The Balaban J connectivity index is 0.000000311. The first-order chi connectivity index (χ1) is 14.8. The van der Waals surface area contributed by atoms with Crippen LogP contribution in [0.2, 0.25) is 10.3 Å². The number of hydrogen-bond acceptors (Lipinski definition) is 9. The van der Waals surface area contributed by atoms with Gasteiger partial charge in [0.2, 0.25) is 0 Å². The molecule has 0 fully saturated rings. The molecule has 0 atom stereocenters. The third kappa shape index (κ3) is 6.93. The van der Waals surface area contributed by atoms with E-state index in [1.54, 1.807) is 12.1 Å². The summed E-state index contributed by atoms with van der Waals surface area (Å²) in [6.07, 6.45) is 1.68. The molecule has 31 heavy (non-hydrogen) atoms. The minimum Gasteiger partial charge on any atom is -0.465 e. The summed E-state index contributed by atoms with van der Waals surface area (Å²) in [5.41, 5.74) is 1.57. The second kappa shape index (κ2) is 13.3. The largest absolute Gasteiger partial charge is 0.465 e. The maximum atomic E-state index is 11.5. The van der Waals surface area contributed by atoms with Gasteiger partial charge in [-0.1, -0.05) is 23.2 Å². The number of aromatic nitrogens is 2. The van der Waals surface area contributed by atoms with Crippen molar-refractivity contribution in [1.82, 2.24) is 9.97 Å². The first kappa shape index (κ1) is 26.9. The lowest BCUT2D eigenvalue weighted by molar-refractivity contribution is -0.106. The fourth-order valence-corrected chi connectivity index (χ4v) is 3.19. The van der Waals surface area contributed by atoms with Crippen molar-refractivity contribution in [2.75, 3.05) is 35.5 Å². The van der Waals surface area contributed by atoms with Gasteiger partial charge in [0.15, 0.2) is 18.4 Å². The lowest BCUT2D eigenvalue weighted by atomic mass is 10.1. The van der Waals surface area contributed by atoms with Crippen molar-refractivity contribution in [2.24, 2.45) is 0 Å². The second-order valence-corrected chi connectivity index (χ2v) is 6.50. The van der Waals surface area contributed by atoms with Gasteiger partial charge in [0, 0.05) is 52.0 Å². The van der Waals surface area contributed by atoms with Crippen LogP contribution in [0.1, 0.15) is 51.3 Å². The molecule has 0 amide bonds. The first-order valence-electron chi connectivity index (χ1n) is 8.76. The Morgan fingerprint density at radius 3 is 1.52 bits per heavy atom. The molecular weight excluding hydrogens is 451 g/mol. The lowest BCUT2D eigenvalue weighted by Crippen LogP contribution is -2.13. The van der Waals surface area contributed by atoms with Crippen molar-refractivity contribution in [3.63, 3.8) is 0 Å². The summed E-state index contributed by atoms with van der Waals surface area (Å²) in [7, 11) is 7.18. The maximum Gasteiger partial charge on any atom is 0.341 e. The van der Waals surface area contributed by atoms with E-state index in [1.807, 2.05) is 0 Å². The number of rotatable bonds is 8. The summed E-state index contributed by atoms with van der Waals surface area (Å²) in [6, 6.07) is 3.25. The third-order valence-electron chi connectivity index (χ3n) is 3.98. The van der Waals surface area contributed by atoms with Crippen molar-refractivity contribution in [3.05, 3.63) is 57.1 Å². The van der Waals surface area contributed by atoms with Gasteiger partial charge in [-0.2, -0.15) is 0 Å². The molecule has 2 heterocycles. The highest BCUT2D eigenvalue weighted by Crippen LogP contribution is 2.27. The van der Waals surface area contributed by atoms with E-state index in [2.05, 4.69) is 14.7 Å². The number of hydrogen-bond donors (Lipinski definition) is 0. The molecule has 0 saturated carbocycles. The number of ketones is 1. The molecule has 0 aliphatic rings. The van der Waals surface area contributed by atoms with E-state index < -0.39 is 18.5 Å². The van der Waals surface area contributed by atoms with E-state index in [0.29, 0.717) is 16.7 Å². The molecule has 2 aromatic rings. The number of esters is 1. The molecule has 0 bridgehead atoms.